The van der Waals surface area contributed by atoms with Gasteiger partial charge in [0.2, 0.25) is 5.78 Å². The van der Waals surface area contributed by atoms with E-state index in [1.807, 2.05) is 0 Å². The van der Waals surface area contributed by atoms with E-state index < -0.39 is 28.9 Å². The van der Waals surface area contributed by atoms with Crippen LogP contribution in [0, 0.1) is 5.92 Å². The molecule has 2 aromatic heterocycles. The summed E-state index contributed by atoms with van der Waals surface area (Å²) in [4.78, 5) is 55.0. The van der Waals surface area contributed by atoms with E-state index in [1.54, 1.807) is 37.3 Å². The first-order chi connectivity index (χ1) is 13.3. The van der Waals surface area contributed by atoms with E-state index in [-0.39, 0.29) is 23.4 Å². The number of aromatic nitrogens is 4. The van der Waals surface area contributed by atoms with Gasteiger partial charge in [-0.15, -0.1) is 0 Å². The molecule has 2 atom stereocenters. The highest BCUT2D eigenvalue weighted by molar-refractivity contribution is 5.97. The highest BCUT2D eigenvalue weighted by Gasteiger charge is 2.52. The van der Waals surface area contributed by atoms with Crippen LogP contribution in [0.5, 0.6) is 0 Å². The van der Waals surface area contributed by atoms with Crippen LogP contribution in [-0.2, 0) is 34.1 Å². The molecule has 0 aliphatic carbocycles. The summed E-state index contributed by atoms with van der Waals surface area (Å²) in [6.45, 7) is 1.61. The molecule has 144 valence electrons. The number of fused-ring (bicyclic) bond motifs is 1. The number of ether oxygens (including phenoxy) is 1. The molecule has 0 amide bonds. The average molecular weight is 382 g/mol. The molecule has 2 unspecified atom stereocenters. The summed E-state index contributed by atoms with van der Waals surface area (Å²) in [7, 11) is 2.82. The molecule has 1 aromatic carbocycles. The van der Waals surface area contributed by atoms with E-state index >= 15 is 0 Å². The standard InChI is InChI=1S/C19H18N4O5/c1-11-9-13(24)19(28-17(11)26,12-7-5-4-6-8-12)23-10-20-15-14(23)16(25)22(3)18(27)21(15)2/h4-8,10-11H,9H2,1-3H3. The summed E-state index contributed by atoms with van der Waals surface area (Å²) in [5, 5.41) is 0. The summed E-state index contributed by atoms with van der Waals surface area (Å²) < 4.78 is 9.11. The first-order valence-corrected chi connectivity index (χ1v) is 8.74. The molecule has 0 saturated carbocycles. The number of carbonyl (C=O) groups is 2. The van der Waals surface area contributed by atoms with Crippen LogP contribution < -0.4 is 11.2 Å². The van der Waals surface area contributed by atoms with Crippen LogP contribution in [0.2, 0.25) is 0 Å². The zero-order valence-corrected chi connectivity index (χ0v) is 15.6. The summed E-state index contributed by atoms with van der Waals surface area (Å²) in [5.74, 6) is -1.51. The summed E-state index contributed by atoms with van der Waals surface area (Å²) >= 11 is 0. The second kappa shape index (κ2) is 6.01. The van der Waals surface area contributed by atoms with Crippen molar-refractivity contribution in [3.8, 4) is 0 Å². The van der Waals surface area contributed by atoms with Gasteiger partial charge in [0, 0.05) is 26.1 Å². The van der Waals surface area contributed by atoms with Crippen LogP contribution >= 0.6 is 0 Å². The fourth-order valence-electron chi connectivity index (χ4n) is 3.59. The molecule has 0 N–H and O–H groups in total. The molecule has 0 radical (unpaired) electrons. The van der Waals surface area contributed by atoms with Crippen molar-refractivity contribution in [2.24, 2.45) is 20.0 Å². The molecule has 4 rings (SSSR count). The van der Waals surface area contributed by atoms with Crippen molar-refractivity contribution in [2.75, 3.05) is 0 Å². The molecule has 9 nitrogen and oxygen atoms in total. The van der Waals surface area contributed by atoms with Crippen molar-refractivity contribution in [1.82, 2.24) is 18.7 Å². The molecule has 1 aliphatic heterocycles. The molecular formula is C19H18N4O5. The maximum atomic E-state index is 13.3. The number of carbonyl (C=O) groups excluding carboxylic acids is 2. The lowest BCUT2D eigenvalue weighted by Gasteiger charge is -2.38. The average Bonchev–Trinajstić information content (AvgIpc) is 3.14. The predicted octanol–water partition coefficient (Wildman–Crippen LogP) is 0.287. The number of hydrogen-bond donors (Lipinski definition) is 0. The maximum Gasteiger partial charge on any atom is 0.332 e. The number of esters is 1. The van der Waals surface area contributed by atoms with Crippen molar-refractivity contribution in [1.29, 1.82) is 0 Å². The van der Waals surface area contributed by atoms with E-state index in [2.05, 4.69) is 4.98 Å². The predicted molar refractivity (Wildman–Crippen MR) is 98.6 cm³/mol. The van der Waals surface area contributed by atoms with Gasteiger partial charge in [0.15, 0.2) is 11.2 Å². The number of hydrogen-bond acceptors (Lipinski definition) is 6. The van der Waals surface area contributed by atoms with Gasteiger partial charge in [-0.3, -0.25) is 28.1 Å². The fraction of sp³-hybridized carbons (Fsp3) is 0.316. The summed E-state index contributed by atoms with van der Waals surface area (Å²) in [6, 6.07) is 8.50. The number of benzene rings is 1. The van der Waals surface area contributed by atoms with Crippen LogP contribution in [0.1, 0.15) is 18.9 Å². The van der Waals surface area contributed by atoms with Crippen LogP contribution in [0.25, 0.3) is 11.2 Å². The zero-order valence-electron chi connectivity index (χ0n) is 15.6. The Morgan fingerprint density at radius 2 is 1.75 bits per heavy atom. The molecule has 1 fully saturated rings. The Balaban J connectivity index is 2.14. The quantitative estimate of drug-likeness (QED) is 0.590. The summed E-state index contributed by atoms with van der Waals surface area (Å²) in [6.07, 6.45) is 1.22. The largest absolute Gasteiger partial charge is 0.426 e. The van der Waals surface area contributed by atoms with Gasteiger partial charge in [0.25, 0.3) is 11.3 Å². The Hall–Kier alpha value is -3.49. The summed E-state index contributed by atoms with van der Waals surface area (Å²) in [5.41, 5.74) is -2.53. The third-order valence-electron chi connectivity index (χ3n) is 5.17. The lowest BCUT2D eigenvalue weighted by molar-refractivity contribution is -0.185. The fourth-order valence-corrected chi connectivity index (χ4v) is 3.59. The van der Waals surface area contributed by atoms with Crippen molar-refractivity contribution in [3.63, 3.8) is 0 Å². The number of cyclic esters (lactones) is 1. The minimum Gasteiger partial charge on any atom is -0.426 e. The maximum absolute atomic E-state index is 13.3. The SMILES string of the molecule is CC1CC(=O)C(c2ccccc2)(n2cnc3c2c(=O)n(C)c(=O)n3C)OC1=O. The minimum absolute atomic E-state index is 0.00385. The Kier molecular flexibility index (Phi) is 3.84. The molecular weight excluding hydrogens is 364 g/mol. The molecule has 1 aliphatic rings. The molecule has 1 saturated heterocycles. The Morgan fingerprint density at radius 3 is 2.43 bits per heavy atom. The molecule has 3 aromatic rings. The molecule has 0 spiro atoms. The van der Waals surface area contributed by atoms with E-state index in [4.69, 9.17) is 4.74 Å². The monoisotopic (exact) mass is 382 g/mol. The zero-order chi connectivity index (χ0) is 20.2. The number of aryl methyl sites for hydroxylation is 1. The van der Waals surface area contributed by atoms with Gasteiger partial charge in [-0.05, 0) is 0 Å². The normalized spacial score (nSPS) is 22.5. The smallest absolute Gasteiger partial charge is 0.332 e. The van der Waals surface area contributed by atoms with Crippen molar-refractivity contribution in [3.05, 3.63) is 63.1 Å². The van der Waals surface area contributed by atoms with Gasteiger partial charge >= 0.3 is 11.7 Å². The second-order valence-corrected chi connectivity index (χ2v) is 6.95. The highest BCUT2D eigenvalue weighted by atomic mass is 16.6. The highest BCUT2D eigenvalue weighted by Crippen LogP contribution is 2.37. The van der Waals surface area contributed by atoms with Crippen LogP contribution in [0.15, 0.2) is 46.2 Å². The minimum atomic E-state index is -1.86. The van der Waals surface area contributed by atoms with Crippen molar-refractivity contribution >= 4 is 22.9 Å². The molecule has 28 heavy (non-hydrogen) atoms. The van der Waals surface area contributed by atoms with Gasteiger partial charge in [-0.1, -0.05) is 37.3 Å². The van der Waals surface area contributed by atoms with Gasteiger partial charge < -0.3 is 4.74 Å². The number of imidazole rings is 1. The van der Waals surface area contributed by atoms with Gasteiger partial charge in [-0.25, -0.2) is 9.78 Å². The number of rotatable bonds is 2. The molecule has 0 bridgehead atoms. The van der Waals surface area contributed by atoms with E-state index in [0.717, 1.165) is 4.57 Å². The Labute approximate surface area is 158 Å². The van der Waals surface area contributed by atoms with Gasteiger partial charge in [0.1, 0.15) is 6.33 Å². The van der Waals surface area contributed by atoms with Gasteiger partial charge in [-0.2, -0.15) is 0 Å². The number of nitrogens with zero attached hydrogens (tertiary/aromatic N) is 4. The first-order valence-electron chi connectivity index (χ1n) is 8.74. The van der Waals surface area contributed by atoms with E-state index in [9.17, 15) is 19.2 Å². The second-order valence-electron chi connectivity index (χ2n) is 6.95. The Morgan fingerprint density at radius 1 is 1.07 bits per heavy atom. The lowest BCUT2D eigenvalue weighted by atomic mass is 9.88. The first kappa shape index (κ1) is 17.9. The molecule has 3 heterocycles. The lowest BCUT2D eigenvalue weighted by Crippen LogP contribution is -2.53. The van der Waals surface area contributed by atoms with Crippen molar-refractivity contribution in [2.45, 2.75) is 19.1 Å². The Bertz CT molecular complexity index is 1240. The van der Waals surface area contributed by atoms with E-state index in [1.165, 1.54) is 29.6 Å². The number of ketones is 1. The topological polar surface area (TPSA) is 105 Å². The third kappa shape index (κ3) is 2.22. The van der Waals surface area contributed by atoms with Crippen LogP contribution in [0.4, 0.5) is 0 Å². The molecule has 9 heteroatoms. The van der Waals surface area contributed by atoms with Gasteiger partial charge in [0.05, 0.1) is 5.92 Å². The van der Waals surface area contributed by atoms with Crippen molar-refractivity contribution < 1.29 is 14.3 Å². The van der Waals surface area contributed by atoms with Crippen LogP contribution in [-0.4, -0.2) is 30.4 Å². The van der Waals surface area contributed by atoms with Crippen LogP contribution in [0.3, 0.4) is 0 Å². The third-order valence-corrected chi connectivity index (χ3v) is 5.17. The van der Waals surface area contributed by atoms with E-state index in [0.29, 0.717) is 5.56 Å². The number of Topliss-reactive ketones (excluding diaryl/α,β-unsaturated/α-hetero) is 1.